The van der Waals surface area contributed by atoms with Crippen molar-refractivity contribution in [2.45, 2.75) is 0 Å². The maximum absolute atomic E-state index is 2.51. The van der Waals surface area contributed by atoms with Crippen LogP contribution in [0.2, 0.25) is 0 Å². The fourth-order valence-corrected chi connectivity index (χ4v) is 7.94. The third kappa shape index (κ3) is 4.96. The van der Waals surface area contributed by atoms with Crippen molar-refractivity contribution < 1.29 is 0 Å². The van der Waals surface area contributed by atoms with Crippen LogP contribution in [0.1, 0.15) is 0 Å². The molecular formula is C50H34N2. The summed E-state index contributed by atoms with van der Waals surface area (Å²) in [5.41, 5.74) is 11.7. The number of anilines is 3. The van der Waals surface area contributed by atoms with Crippen LogP contribution in [0.25, 0.3) is 71.3 Å². The Morgan fingerprint density at radius 1 is 0.346 bits per heavy atom. The molecule has 0 N–H and O–H groups in total. The molecule has 1 aromatic heterocycles. The van der Waals surface area contributed by atoms with Crippen molar-refractivity contribution in [1.29, 1.82) is 0 Å². The van der Waals surface area contributed by atoms with Crippen LogP contribution < -0.4 is 4.90 Å². The molecule has 10 rings (SSSR count). The number of hydrogen-bond acceptors (Lipinski definition) is 1. The lowest BCUT2D eigenvalue weighted by atomic mass is 9.99. The van der Waals surface area contributed by atoms with Crippen LogP contribution in [-0.2, 0) is 0 Å². The number of para-hydroxylation sites is 1. The predicted octanol–water partition coefficient (Wildman–Crippen LogP) is 13.9. The minimum absolute atomic E-state index is 1.10. The van der Waals surface area contributed by atoms with Crippen LogP contribution in [0.15, 0.2) is 206 Å². The van der Waals surface area contributed by atoms with Gasteiger partial charge in [-0.15, -0.1) is 0 Å². The zero-order chi connectivity index (χ0) is 34.4. The van der Waals surface area contributed by atoms with Gasteiger partial charge in [0.1, 0.15) is 0 Å². The molecule has 0 radical (unpaired) electrons. The average Bonchev–Trinajstić information content (AvgIpc) is 3.57. The highest BCUT2D eigenvalue weighted by Gasteiger charge is 2.24. The van der Waals surface area contributed by atoms with Crippen LogP contribution in [0.4, 0.5) is 17.1 Å². The molecule has 10 aromatic rings. The molecular weight excluding hydrogens is 629 g/mol. The molecule has 0 bridgehead atoms. The van der Waals surface area contributed by atoms with Gasteiger partial charge >= 0.3 is 0 Å². The topological polar surface area (TPSA) is 8.17 Å². The summed E-state index contributed by atoms with van der Waals surface area (Å²) in [4.78, 5) is 2.44. The van der Waals surface area contributed by atoms with E-state index < -0.39 is 0 Å². The molecule has 0 saturated heterocycles. The minimum atomic E-state index is 1.10. The molecule has 2 nitrogen and oxygen atoms in total. The van der Waals surface area contributed by atoms with E-state index in [9.17, 15) is 0 Å². The van der Waals surface area contributed by atoms with E-state index in [-0.39, 0.29) is 0 Å². The van der Waals surface area contributed by atoms with Crippen molar-refractivity contribution >= 4 is 60.4 Å². The zero-order valence-electron chi connectivity index (χ0n) is 28.5. The first-order chi connectivity index (χ1) is 25.8. The molecule has 9 aromatic carbocycles. The summed E-state index contributed by atoms with van der Waals surface area (Å²) in [6.07, 6.45) is 0. The molecule has 0 aliphatic heterocycles. The Morgan fingerprint density at radius 3 is 1.62 bits per heavy atom. The molecule has 0 spiro atoms. The van der Waals surface area contributed by atoms with Crippen LogP contribution in [0, 0.1) is 0 Å². The number of fused-ring (bicyclic) bond motifs is 6. The molecule has 0 amide bonds. The maximum atomic E-state index is 2.51. The molecule has 0 unspecified atom stereocenters. The van der Waals surface area contributed by atoms with Gasteiger partial charge in [0.05, 0.1) is 22.4 Å². The third-order valence-electron chi connectivity index (χ3n) is 10.3. The molecule has 1 heterocycles. The second-order valence-electron chi connectivity index (χ2n) is 13.4. The number of aromatic nitrogens is 1. The van der Waals surface area contributed by atoms with Crippen molar-refractivity contribution in [3.05, 3.63) is 206 Å². The second kappa shape index (κ2) is 12.5. The van der Waals surface area contributed by atoms with Crippen molar-refractivity contribution in [2.24, 2.45) is 0 Å². The van der Waals surface area contributed by atoms with Gasteiger partial charge in [-0.3, -0.25) is 0 Å². The monoisotopic (exact) mass is 662 g/mol. The predicted molar refractivity (Wildman–Crippen MR) is 221 cm³/mol. The Labute approximate surface area is 303 Å². The maximum Gasteiger partial charge on any atom is 0.0640 e. The first-order valence-electron chi connectivity index (χ1n) is 17.9. The number of hydrogen-bond donors (Lipinski definition) is 0. The largest absolute Gasteiger partial charge is 0.310 e. The third-order valence-corrected chi connectivity index (χ3v) is 10.3. The molecule has 0 aliphatic rings. The van der Waals surface area contributed by atoms with Crippen LogP contribution in [-0.4, -0.2) is 4.57 Å². The Hall–Kier alpha value is -6.90. The lowest BCUT2D eigenvalue weighted by Crippen LogP contribution is -2.10. The quantitative estimate of drug-likeness (QED) is 0.172. The number of rotatable bonds is 6. The van der Waals surface area contributed by atoms with E-state index in [0.717, 1.165) is 17.1 Å². The van der Waals surface area contributed by atoms with Crippen LogP contribution in [0.5, 0.6) is 0 Å². The molecule has 244 valence electrons. The van der Waals surface area contributed by atoms with Gasteiger partial charge in [0, 0.05) is 32.9 Å². The van der Waals surface area contributed by atoms with E-state index >= 15 is 0 Å². The number of nitrogens with zero attached hydrogens (tertiary/aromatic N) is 2. The summed E-state index contributed by atoms with van der Waals surface area (Å²) in [5.74, 6) is 0. The Kier molecular flexibility index (Phi) is 7.18. The van der Waals surface area contributed by atoms with Gasteiger partial charge in [0.25, 0.3) is 0 Å². The Bertz CT molecular complexity index is 2870. The highest BCUT2D eigenvalue weighted by Crippen LogP contribution is 2.48. The van der Waals surface area contributed by atoms with Gasteiger partial charge in [0.2, 0.25) is 0 Å². The molecule has 0 aliphatic carbocycles. The van der Waals surface area contributed by atoms with Crippen LogP contribution in [0.3, 0.4) is 0 Å². The van der Waals surface area contributed by atoms with E-state index in [0.29, 0.717) is 0 Å². The van der Waals surface area contributed by atoms with Gasteiger partial charge in [-0.05, 0) is 81.6 Å². The number of benzene rings is 9. The first-order valence-corrected chi connectivity index (χ1v) is 17.9. The normalized spacial score (nSPS) is 11.5. The van der Waals surface area contributed by atoms with Crippen LogP contribution >= 0.6 is 0 Å². The fraction of sp³-hybridized carbons (Fsp3) is 0. The molecule has 0 saturated carbocycles. The highest BCUT2D eigenvalue weighted by molar-refractivity contribution is 6.25. The van der Waals surface area contributed by atoms with E-state index in [1.165, 1.54) is 71.3 Å². The summed E-state index contributed by atoms with van der Waals surface area (Å²) >= 11 is 0. The van der Waals surface area contributed by atoms with Gasteiger partial charge in [-0.2, -0.15) is 0 Å². The van der Waals surface area contributed by atoms with E-state index in [2.05, 4.69) is 216 Å². The van der Waals surface area contributed by atoms with Gasteiger partial charge < -0.3 is 9.47 Å². The molecule has 0 atom stereocenters. The first kappa shape index (κ1) is 30.0. The molecule has 0 fully saturated rings. The summed E-state index contributed by atoms with van der Waals surface area (Å²) in [6, 6.07) is 74.7. The zero-order valence-corrected chi connectivity index (χ0v) is 28.5. The van der Waals surface area contributed by atoms with Crippen molar-refractivity contribution in [2.75, 3.05) is 4.90 Å². The fourth-order valence-electron chi connectivity index (χ4n) is 7.94. The lowest BCUT2D eigenvalue weighted by molar-refractivity contribution is 1.20. The van der Waals surface area contributed by atoms with Gasteiger partial charge in [-0.25, -0.2) is 0 Å². The summed E-state index contributed by atoms with van der Waals surface area (Å²) < 4.78 is 2.51. The van der Waals surface area contributed by atoms with Gasteiger partial charge in [-0.1, -0.05) is 158 Å². The average molecular weight is 663 g/mol. The smallest absolute Gasteiger partial charge is 0.0640 e. The van der Waals surface area contributed by atoms with E-state index in [1.54, 1.807) is 0 Å². The summed E-state index contributed by atoms with van der Waals surface area (Å²) in [7, 11) is 0. The minimum Gasteiger partial charge on any atom is -0.310 e. The molecule has 52 heavy (non-hydrogen) atoms. The van der Waals surface area contributed by atoms with Gasteiger partial charge in [0.15, 0.2) is 0 Å². The summed E-state index contributed by atoms with van der Waals surface area (Å²) in [6.45, 7) is 0. The van der Waals surface area contributed by atoms with Crippen molar-refractivity contribution in [1.82, 2.24) is 4.57 Å². The van der Waals surface area contributed by atoms with Crippen molar-refractivity contribution in [3.8, 4) is 27.9 Å². The van der Waals surface area contributed by atoms with E-state index in [1.807, 2.05) is 0 Å². The van der Waals surface area contributed by atoms with E-state index in [4.69, 9.17) is 0 Å². The summed E-state index contributed by atoms with van der Waals surface area (Å²) in [5, 5.41) is 7.29. The second-order valence-corrected chi connectivity index (χ2v) is 13.4. The Balaban J connectivity index is 1.35. The highest BCUT2D eigenvalue weighted by atomic mass is 15.1. The van der Waals surface area contributed by atoms with Crippen molar-refractivity contribution in [3.63, 3.8) is 0 Å². The standard InChI is InChI=1S/C50H34N2/c1-4-15-35(16-5-1)37-27-30-42(31-28-37)51(41-22-8-3-9-23-41)48-34-40-20-11-13-25-44(40)50-49(48)45-33-39(36-17-6-2-7-18-36)29-32-47(45)52(50)46-26-14-21-38-19-10-12-24-43(38)46/h1-34H. The Morgan fingerprint density at radius 2 is 0.885 bits per heavy atom. The SMILES string of the molecule is c1ccc(-c2ccc(N(c3ccccc3)c3cc4ccccc4c4c3c3cc(-c5ccccc5)ccc3n4-c3cccc4ccccc34)cc2)cc1. The molecule has 2 heteroatoms. The lowest BCUT2D eigenvalue weighted by Gasteiger charge is -2.27.